The lowest BCUT2D eigenvalue weighted by Crippen LogP contribution is -2.36. The number of rotatable bonds is 1. The molecule has 1 aliphatic heterocycles. The van der Waals surface area contributed by atoms with Crippen molar-refractivity contribution in [3.63, 3.8) is 0 Å². The molecule has 0 aromatic rings. The highest BCUT2D eigenvalue weighted by Crippen LogP contribution is 2.02. The number of nitrogens with one attached hydrogen (secondary N) is 1. The summed E-state index contributed by atoms with van der Waals surface area (Å²) in [6.07, 6.45) is 1.99. The van der Waals surface area contributed by atoms with Crippen molar-refractivity contribution in [2.45, 2.75) is 18.9 Å². The standard InChI is InChI=1S/C5H10N2O.2BrH/c6-5(8)4-2-1-3-7-4;;/h4,7H,1-3H2,(H2,6,8);2*1H. The number of hydrogen-bond acceptors (Lipinski definition) is 2. The normalized spacial score (nSPS) is 22.6. The first-order chi connectivity index (χ1) is 3.80. The van der Waals surface area contributed by atoms with E-state index in [1.54, 1.807) is 0 Å². The molecule has 0 aromatic heterocycles. The zero-order chi connectivity index (χ0) is 5.98. The van der Waals surface area contributed by atoms with Crippen LogP contribution in [0.2, 0.25) is 0 Å². The molecule has 3 N–H and O–H groups in total. The van der Waals surface area contributed by atoms with E-state index in [0.717, 1.165) is 19.4 Å². The van der Waals surface area contributed by atoms with Crippen LogP contribution in [0.4, 0.5) is 0 Å². The van der Waals surface area contributed by atoms with Gasteiger partial charge in [-0.2, -0.15) is 0 Å². The fourth-order valence-corrected chi connectivity index (χ4v) is 0.927. The van der Waals surface area contributed by atoms with E-state index in [1.165, 1.54) is 0 Å². The van der Waals surface area contributed by atoms with Gasteiger partial charge in [0.1, 0.15) is 0 Å². The number of nitrogens with two attached hydrogens (primary N) is 1. The van der Waals surface area contributed by atoms with Gasteiger partial charge >= 0.3 is 0 Å². The van der Waals surface area contributed by atoms with Gasteiger partial charge in [0, 0.05) is 0 Å². The number of hydrogen-bond donors (Lipinski definition) is 2. The first-order valence-electron chi connectivity index (χ1n) is 2.83. The first-order valence-corrected chi connectivity index (χ1v) is 2.83. The molecule has 0 saturated carbocycles. The Labute approximate surface area is 81.3 Å². The molecule has 62 valence electrons. The summed E-state index contributed by atoms with van der Waals surface area (Å²) in [5.41, 5.74) is 5.00. The quantitative estimate of drug-likeness (QED) is 0.727. The van der Waals surface area contributed by atoms with Gasteiger partial charge in [-0.1, -0.05) is 0 Å². The maximum atomic E-state index is 10.4. The van der Waals surface area contributed by atoms with Gasteiger partial charge in [-0.3, -0.25) is 4.79 Å². The zero-order valence-corrected chi connectivity index (χ0v) is 8.93. The van der Waals surface area contributed by atoms with Gasteiger partial charge in [-0.15, -0.1) is 34.0 Å². The molecule has 0 radical (unpaired) electrons. The third kappa shape index (κ3) is 3.53. The van der Waals surface area contributed by atoms with Crippen molar-refractivity contribution in [3.8, 4) is 0 Å². The average molecular weight is 276 g/mol. The molecule has 1 aliphatic rings. The predicted molar refractivity (Wildman–Crippen MR) is 50.9 cm³/mol. The Morgan fingerprint density at radius 1 is 1.50 bits per heavy atom. The fourth-order valence-electron chi connectivity index (χ4n) is 0.927. The Morgan fingerprint density at radius 2 is 2.10 bits per heavy atom. The zero-order valence-electron chi connectivity index (χ0n) is 5.50. The molecule has 1 saturated heterocycles. The molecule has 1 atom stereocenters. The molecule has 10 heavy (non-hydrogen) atoms. The molecular formula is C5H12Br2N2O. The lowest BCUT2D eigenvalue weighted by atomic mass is 10.2. The Kier molecular flexibility index (Phi) is 7.97. The van der Waals surface area contributed by atoms with Gasteiger partial charge in [0.15, 0.2) is 0 Å². The summed E-state index contributed by atoms with van der Waals surface area (Å²) in [6, 6.07) is -0.0463. The maximum absolute atomic E-state index is 10.4. The van der Waals surface area contributed by atoms with Gasteiger partial charge < -0.3 is 11.1 Å². The number of amides is 1. The molecular weight excluding hydrogens is 264 g/mol. The molecule has 1 unspecified atom stereocenters. The first kappa shape index (κ1) is 13.0. The second-order valence-corrected chi connectivity index (χ2v) is 2.05. The summed E-state index contributed by atoms with van der Waals surface area (Å²) in [4.78, 5) is 10.4. The second-order valence-electron chi connectivity index (χ2n) is 2.05. The molecule has 1 fully saturated rings. The summed E-state index contributed by atoms with van der Waals surface area (Å²) in [5, 5.41) is 2.98. The van der Waals surface area contributed by atoms with Crippen LogP contribution in [0, 0.1) is 0 Å². The van der Waals surface area contributed by atoms with Crippen LogP contribution in [0.25, 0.3) is 0 Å². The van der Waals surface area contributed by atoms with Crippen LogP contribution in [-0.4, -0.2) is 18.5 Å². The molecule has 0 bridgehead atoms. The predicted octanol–water partition coefficient (Wildman–Crippen LogP) is 0.380. The summed E-state index contributed by atoms with van der Waals surface area (Å²) in [6.45, 7) is 0.938. The number of halogens is 2. The Bertz CT molecular complexity index is 104. The third-order valence-electron chi connectivity index (χ3n) is 1.40. The van der Waals surface area contributed by atoms with Crippen molar-refractivity contribution in [2.24, 2.45) is 5.73 Å². The van der Waals surface area contributed by atoms with Crippen LogP contribution < -0.4 is 11.1 Å². The minimum absolute atomic E-state index is 0. The van der Waals surface area contributed by atoms with E-state index in [-0.39, 0.29) is 45.9 Å². The molecule has 0 spiro atoms. The third-order valence-corrected chi connectivity index (χ3v) is 1.40. The Balaban J connectivity index is 0. The lowest BCUT2D eigenvalue weighted by molar-refractivity contribution is -0.119. The second kappa shape index (κ2) is 6.12. The average Bonchev–Trinajstić information content (AvgIpc) is 2.12. The topological polar surface area (TPSA) is 55.1 Å². The van der Waals surface area contributed by atoms with Crippen molar-refractivity contribution in [1.29, 1.82) is 0 Å². The molecule has 1 amide bonds. The highest BCUT2D eigenvalue weighted by molar-refractivity contribution is 8.93. The van der Waals surface area contributed by atoms with Crippen LogP contribution in [0.1, 0.15) is 12.8 Å². The van der Waals surface area contributed by atoms with Crippen LogP contribution in [-0.2, 0) is 4.79 Å². The van der Waals surface area contributed by atoms with Crippen molar-refractivity contribution < 1.29 is 4.79 Å². The van der Waals surface area contributed by atoms with E-state index in [9.17, 15) is 4.79 Å². The fraction of sp³-hybridized carbons (Fsp3) is 0.800. The molecule has 0 aromatic carbocycles. The van der Waals surface area contributed by atoms with Crippen LogP contribution in [0.15, 0.2) is 0 Å². The highest BCUT2D eigenvalue weighted by Gasteiger charge is 2.18. The summed E-state index contributed by atoms with van der Waals surface area (Å²) in [5.74, 6) is -0.220. The van der Waals surface area contributed by atoms with Gasteiger partial charge in [0.2, 0.25) is 5.91 Å². The Hall–Kier alpha value is 0.390. The molecule has 5 heteroatoms. The van der Waals surface area contributed by atoms with Crippen molar-refractivity contribution in [1.82, 2.24) is 5.32 Å². The monoisotopic (exact) mass is 274 g/mol. The van der Waals surface area contributed by atoms with Crippen LogP contribution >= 0.6 is 34.0 Å². The van der Waals surface area contributed by atoms with E-state index in [2.05, 4.69) is 5.32 Å². The number of carbonyl (C=O) groups is 1. The van der Waals surface area contributed by atoms with E-state index in [1.807, 2.05) is 0 Å². The smallest absolute Gasteiger partial charge is 0.234 e. The minimum atomic E-state index is -0.220. The van der Waals surface area contributed by atoms with Crippen molar-refractivity contribution in [2.75, 3.05) is 6.54 Å². The van der Waals surface area contributed by atoms with Crippen LogP contribution in [0.5, 0.6) is 0 Å². The minimum Gasteiger partial charge on any atom is -0.368 e. The van der Waals surface area contributed by atoms with Crippen LogP contribution in [0.3, 0.4) is 0 Å². The summed E-state index contributed by atoms with van der Waals surface area (Å²) < 4.78 is 0. The number of carbonyl (C=O) groups excluding carboxylic acids is 1. The largest absolute Gasteiger partial charge is 0.368 e. The van der Waals surface area contributed by atoms with Gasteiger partial charge in [-0.25, -0.2) is 0 Å². The van der Waals surface area contributed by atoms with E-state index < -0.39 is 0 Å². The van der Waals surface area contributed by atoms with Gasteiger partial charge in [0.25, 0.3) is 0 Å². The molecule has 0 aliphatic carbocycles. The summed E-state index contributed by atoms with van der Waals surface area (Å²) >= 11 is 0. The SMILES string of the molecule is Br.Br.NC(=O)C1CCCN1. The van der Waals surface area contributed by atoms with Gasteiger partial charge in [0.05, 0.1) is 6.04 Å². The van der Waals surface area contributed by atoms with E-state index >= 15 is 0 Å². The molecule has 3 nitrogen and oxygen atoms in total. The van der Waals surface area contributed by atoms with Crippen molar-refractivity contribution in [3.05, 3.63) is 0 Å². The van der Waals surface area contributed by atoms with Crippen molar-refractivity contribution >= 4 is 39.9 Å². The van der Waals surface area contributed by atoms with E-state index in [0.29, 0.717) is 0 Å². The lowest BCUT2D eigenvalue weighted by Gasteiger charge is -2.01. The molecule has 1 rings (SSSR count). The maximum Gasteiger partial charge on any atom is 0.234 e. The molecule has 1 heterocycles. The summed E-state index contributed by atoms with van der Waals surface area (Å²) in [7, 11) is 0. The van der Waals surface area contributed by atoms with Gasteiger partial charge in [-0.05, 0) is 19.4 Å². The highest BCUT2D eigenvalue weighted by atomic mass is 79.9. The van der Waals surface area contributed by atoms with E-state index in [4.69, 9.17) is 5.73 Å². The Morgan fingerprint density at radius 3 is 2.30 bits per heavy atom. The number of primary amides is 1.